The van der Waals surface area contributed by atoms with Gasteiger partial charge in [0.1, 0.15) is 23.1 Å². The molecule has 1 amide bonds. The van der Waals surface area contributed by atoms with Gasteiger partial charge in [0.05, 0.1) is 27.1 Å². The number of methoxy groups -OCH3 is 1. The predicted molar refractivity (Wildman–Crippen MR) is 203 cm³/mol. The van der Waals surface area contributed by atoms with Crippen LogP contribution in [-0.4, -0.2) is 37.0 Å². The van der Waals surface area contributed by atoms with Crippen molar-refractivity contribution in [1.29, 1.82) is 0 Å². The second-order valence-electron chi connectivity index (χ2n) is 10.4. The van der Waals surface area contributed by atoms with Crippen molar-refractivity contribution in [2.45, 2.75) is 87.0 Å². The monoisotopic (exact) mass is 704 g/mol. The van der Waals surface area contributed by atoms with Crippen molar-refractivity contribution in [2.75, 3.05) is 20.8 Å². The molecule has 1 fully saturated rings. The number of aryl methyl sites for hydroxylation is 1. The Morgan fingerprint density at radius 1 is 1.02 bits per heavy atom. The summed E-state index contributed by atoms with van der Waals surface area (Å²) in [4.78, 5) is 16.5. The second kappa shape index (κ2) is 22.7. The Hall–Kier alpha value is -2.86. The van der Waals surface area contributed by atoms with Gasteiger partial charge in [0.2, 0.25) is 0 Å². The van der Waals surface area contributed by atoms with Gasteiger partial charge in [-0.2, -0.15) is 0 Å². The number of carbonyl (C=O) groups excluding carboxylic acids is 1. The molecule has 1 aliphatic rings. The molecule has 1 saturated carbocycles. The molecule has 0 saturated heterocycles. The van der Waals surface area contributed by atoms with Gasteiger partial charge in [-0.1, -0.05) is 91.3 Å². The lowest BCUT2D eigenvalue weighted by atomic mass is 9.91. The van der Waals surface area contributed by atoms with Crippen molar-refractivity contribution in [2.24, 2.45) is 5.92 Å². The van der Waals surface area contributed by atoms with Crippen LogP contribution in [0.25, 0.3) is 21.2 Å². The van der Waals surface area contributed by atoms with E-state index in [4.69, 9.17) is 16.3 Å². The van der Waals surface area contributed by atoms with Crippen molar-refractivity contribution in [3.8, 4) is 16.9 Å². The van der Waals surface area contributed by atoms with Crippen LogP contribution in [0, 0.1) is 17.6 Å². The van der Waals surface area contributed by atoms with Crippen LogP contribution in [0.2, 0.25) is 5.02 Å². The van der Waals surface area contributed by atoms with Crippen LogP contribution in [0.1, 0.15) is 101 Å². The molecule has 0 radical (unpaired) electrons. The van der Waals surface area contributed by atoms with E-state index in [1.165, 1.54) is 43.4 Å². The first-order valence-corrected chi connectivity index (χ1v) is 19.0. The fourth-order valence-electron chi connectivity index (χ4n) is 4.84. The number of pyridine rings is 1. The minimum atomic E-state index is -0.468. The highest BCUT2D eigenvalue weighted by Gasteiger charge is 2.18. The van der Waals surface area contributed by atoms with Crippen LogP contribution >= 0.6 is 31.1 Å². The molecule has 1 N–H and O–H groups in total. The van der Waals surface area contributed by atoms with Gasteiger partial charge in [-0.25, -0.2) is 8.78 Å². The number of hydrogen-bond donors (Lipinski definition) is 1. The number of nitrogens with one attached hydrogen (secondary N) is 1. The summed E-state index contributed by atoms with van der Waals surface area (Å²) in [6.07, 6.45) is 9.98. The fourth-order valence-corrected chi connectivity index (χ4v) is 7.14. The lowest BCUT2D eigenvalue weighted by Gasteiger charge is -2.15. The summed E-state index contributed by atoms with van der Waals surface area (Å²) in [6.45, 7) is 16.3. The quantitative estimate of drug-likeness (QED) is 0.210. The Bertz CT molecular complexity index is 1570. The Labute approximate surface area is 292 Å². The SMILES string of the molecule is CC.CC.CC1CCCCC1.CCc1cc(-c2ccnc(C(=O)NC)c2)ccc1OC.CP=C(C)c1sc2c(F)ccc(F)c2c1Cl. The molecule has 4 aromatic rings. The van der Waals surface area contributed by atoms with Crippen LogP contribution < -0.4 is 10.1 Å². The third-order valence-corrected chi connectivity index (χ3v) is 10.3. The minimum Gasteiger partial charge on any atom is -0.496 e. The summed E-state index contributed by atoms with van der Waals surface area (Å²) >= 11 is 7.29. The largest absolute Gasteiger partial charge is 0.496 e. The van der Waals surface area contributed by atoms with Gasteiger partial charge in [-0.15, -0.1) is 19.5 Å². The van der Waals surface area contributed by atoms with E-state index in [9.17, 15) is 13.6 Å². The zero-order chi connectivity index (χ0) is 35.5. The number of rotatable bonds is 5. The number of benzene rings is 2. The summed E-state index contributed by atoms with van der Waals surface area (Å²) in [7, 11) is 4.32. The van der Waals surface area contributed by atoms with Gasteiger partial charge in [-0.05, 0) is 84.3 Å². The zero-order valence-corrected chi connectivity index (χ0v) is 32.2. The molecule has 2 aromatic heterocycles. The first-order chi connectivity index (χ1) is 22.6. The third kappa shape index (κ3) is 12.3. The molecule has 2 heterocycles. The Balaban J connectivity index is 0.000000363. The maximum absolute atomic E-state index is 13.6. The van der Waals surface area contributed by atoms with Gasteiger partial charge in [0, 0.05) is 13.2 Å². The van der Waals surface area contributed by atoms with Crippen LogP contribution in [0.15, 0.2) is 48.7 Å². The highest BCUT2D eigenvalue weighted by molar-refractivity contribution is 7.42. The Kier molecular flexibility index (Phi) is 20.3. The molecule has 0 bridgehead atoms. The van der Waals surface area contributed by atoms with E-state index in [1.54, 1.807) is 26.4 Å². The summed E-state index contributed by atoms with van der Waals surface area (Å²) < 4.78 is 32.7. The zero-order valence-electron chi connectivity index (χ0n) is 29.7. The van der Waals surface area contributed by atoms with E-state index < -0.39 is 11.6 Å². The van der Waals surface area contributed by atoms with Crippen molar-refractivity contribution < 1.29 is 18.3 Å². The number of halogens is 3. The molecule has 258 valence electrons. The molecular weight excluding hydrogens is 653 g/mol. The average molecular weight is 705 g/mol. The van der Waals surface area contributed by atoms with Crippen LogP contribution in [0.5, 0.6) is 5.75 Å². The molecule has 4 nitrogen and oxygen atoms in total. The van der Waals surface area contributed by atoms with E-state index >= 15 is 0 Å². The van der Waals surface area contributed by atoms with E-state index in [0.717, 1.165) is 65.3 Å². The Morgan fingerprint density at radius 3 is 2.15 bits per heavy atom. The molecule has 9 heteroatoms. The normalized spacial score (nSPS) is 12.6. The molecular formula is C38H52ClF2N2O2PS. The highest BCUT2D eigenvalue weighted by atomic mass is 35.5. The number of amides is 1. The lowest BCUT2D eigenvalue weighted by molar-refractivity contribution is 0.0958. The Morgan fingerprint density at radius 2 is 1.64 bits per heavy atom. The van der Waals surface area contributed by atoms with Crippen LogP contribution in [-0.2, 0) is 6.42 Å². The molecule has 5 rings (SSSR count). The summed E-state index contributed by atoms with van der Waals surface area (Å²) in [5, 5.41) is 4.12. The molecule has 1 aliphatic carbocycles. The fraction of sp³-hybridized carbons (Fsp3) is 0.447. The number of carbonyl (C=O) groups is 1. The second-order valence-corrected chi connectivity index (χ2v) is 12.9. The summed E-state index contributed by atoms with van der Waals surface area (Å²) in [5.74, 6) is 0.848. The molecule has 0 spiro atoms. The maximum Gasteiger partial charge on any atom is 0.269 e. The van der Waals surface area contributed by atoms with E-state index in [2.05, 4.69) is 30.2 Å². The van der Waals surface area contributed by atoms with Gasteiger partial charge in [0.15, 0.2) is 0 Å². The molecule has 0 aliphatic heterocycles. The first kappa shape index (κ1) is 42.2. The molecule has 47 heavy (non-hydrogen) atoms. The smallest absolute Gasteiger partial charge is 0.269 e. The van der Waals surface area contributed by atoms with E-state index in [-0.39, 0.29) is 11.3 Å². The van der Waals surface area contributed by atoms with Crippen molar-refractivity contribution >= 4 is 52.4 Å². The van der Waals surface area contributed by atoms with Crippen molar-refractivity contribution in [1.82, 2.24) is 10.3 Å². The average Bonchev–Trinajstić information content (AvgIpc) is 3.49. The lowest BCUT2D eigenvalue weighted by Crippen LogP contribution is -2.19. The van der Waals surface area contributed by atoms with E-state index in [1.807, 2.05) is 59.5 Å². The number of ether oxygens (including phenoxy) is 1. The van der Waals surface area contributed by atoms with Crippen molar-refractivity contribution in [3.05, 3.63) is 81.5 Å². The van der Waals surface area contributed by atoms with Crippen LogP contribution in [0.3, 0.4) is 0 Å². The third-order valence-electron chi connectivity index (χ3n) is 7.45. The van der Waals surface area contributed by atoms with Crippen LogP contribution in [0.4, 0.5) is 8.78 Å². The van der Waals surface area contributed by atoms with Gasteiger partial charge in [0.25, 0.3) is 5.91 Å². The summed E-state index contributed by atoms with van der Waals surface area (Å²) in [6, 6.07) is 12.0. The van der Waals surface area contributed by atoms with E-state index in [0.29, 0.717) is 15.4 Å². The van der Waals surface area contributed by atoms with Gasteiger partial charge < -0.3 is 10.1 Å². The number of thiophene rings is 1. The number of aromatic nitrogens is 1. The molecule has 0 unspecified atom stereocenters. The maximum atomic E-state index is 13.6. The highest BCUT2D eigenvalue weighted by Crippen LogP contribution is 2.39. The molecule has 2 aromatic carbocycles. The number of fused-ring (bicyclic) bond motifs is 1. The minimum absolute atomic E-state index is 0.184. The predicted octanol–water partition coefficient (Wildman–Crippen LogP) is 12.3. The van der Waals surface area contributed by atoms with Gasteiger partial charge >= 0.3 is 0 Å². The molecule has 0 atom stereocenters. The van der Waals surface area contributed by atoms with Crippen molar-refractivity contribution in [3.63, 3.8) is 0 Å². The topological polar surface area (TPSA) is 51.2 Å². The number of nitrogens with zero attached hydrogens (tertiary/aromatic N) is 1. The summed E-state index contributed by atoms with van der Waals surface area (Å²) in [5.41, 5.74) is 3.58. The number of hydrogen-bond acceptors (Lipinski definition) is 4. The first-order valence-electron chi connectivity index (χ1n) is 16.5. The van der Waals surface area contributed by atoms with Gasteiger partial charge in [-0.3, -0.25) is 9.78 Å². The standard InChI is InChI=1S/C16H18N2O2.C11H8ClF2PS.C7H14.2C2H6/c1-4-11-9-12(5-6-15(11)20-3)13-7-8-18-14(10-13)16(19)17-2;1-5(15-2)10-9(12)8-6(13)3-4-7(14)11(8)16-10;1-7-5-3-2-4-6-7;2*1-2/h5-10H,4H2,1-3H3,(H,17,19);3-4H,1-2H3;7H,2-6H2,1H3;2*1-2H3.